The zero-order valence-corrected chi connectivity index (χ0v) is 17.1. The summed E-state index contributed by atoms with van der Waals surface area (Å²) in [5.41, 5.74) is 7.53. The minimum Gasteiger partial charge on any atom is -0.497 e. The Morgan fingerprint density at radius 2 is 1.86 bits per heavy atom. The molecule has 1 aromatic heterocycles. The van der Waals surface area contributed by atoms with Gasteiger partial charge < -0.3 is 4.74 Å². The number of rotatable bonds is 5. The number of amides is 1. The number of hydrogen-bond donors (Lipinski definition) is 1. The highest BCUT2D eigenvalue weighted by atomic mass is 16.5. The molecule has 0 saturated carbocycles. The predicted octanol–water partition coefficient (Wildman–Crippen LogP) is 3.84. The SMILES string of the molecule is COc1ccc(-n2nc(C)cc2-c2ccc(C(=O)NN3CCC(C)C3)cc2)cc1. The standard InChI is InChI=1S/C23H26N4O2/c1-16-12-13-26(15-16)25-23(28)19-6-4-18(5-7-19)22-14-17(2)24-27(22)20-8-10-21(29-3)11-9-20/h4-11,14,16H,12-13,15H2,1-3H3,(H,25,28). The van der Waals surface area contributed by atoms with E-state index < -0.39 is 0 Å². The largest absolute Gasteiger partial charge is 0.497 e. The van der Waals surface area contributed by atoms with Gasteiger partial charge in [-0.05, 0) is 61.7 Å². The molecular weight excluding hydrogens is 364 g/mol. The van der Waals surface area contributed by atoms with Gasteiger partial charge in [0, 0.05) is 24.2 Å². The van der Waals surface area contributed by atoms with Crippen molar-refractivity contribution >= 4 is 5.91 Å². The van der Waals surface area contributed by atoms with Gasteiger partial charge in [0.15, 0.2) is 0 Å². The van der Waals surface area contributed by atoms with Crippen LogP contribution in [0.5, 0.6) is 5.75 Å². The van der Waals surface area contributed by atoms with E-state index in [9.17, 15) is 4.79 Å². The van der Waals surface area contributed by atoms with Crippen LogP contribution in [0.25, 0.3) is 16.9 Å². The highest BCUT2D eigenvalue weighted by Crippen LogP contribution is 2.25. The lowest BCUT2D eigenvalue weighted by Gasteiger charge is -2.17. The Morgan fingerprint density at radius 3 is 2.48 bits per heavy atom. The van der Waals surface area contributed by atoms with Crippen LogP contribution in [0.1, 0.15) is 29.4 Å². The first-order chi connectivity index (χ1) is 14.0. The molecule has 0 spiro atoms. The average Bonchev–Trinajstić information content (AvgIpc) is 3.33. The summed E-state index contributed by atoms with van der Waals surface area (Å²) in [5, 5.41) is 6.64. The van der Waals surface area contributed by atoms with Crippen LogP contribution in [0.2, 0.25) is 0 Å². The summed E-state index contributed by atoms with van der Waals surface area (Å²) in [7, 11) is 1.65. The molecule has 0 radical (unpaired) electrons. The maximum Gasteiger partial charge on any atom is 0.265 e. The van der Waals surface area contributed by atoms with E-state index >= 15 is 0 Å². The van der Waals surface area contributed by atoms with Gasteiger partial charge in [-0.1, -0.05) is 19.1 Å². The van der Waals surface area contributed by atoms with Gasteiger partial charge in [0.1, 0.15) is 5.75 Å². The molecule has 150 valence electrons. The molecule has 0 bridgehead atoms. The van der Waals surface area contributed by atoms with Crippen LogP contribution in [-0.4, -0.2) is 40.9 Å². The van der Waals surface area contributed by atoms with Gasteiger partial charge in [0.25, 0.3) is 5.91 Å². The van der Waals surface area contributed by atoms with E-state index in [1.54, 1.807) is 7.11 Å². The molecule has 6 nitrogen and oxygen atoms in total. The Morgan fingerprint density at radius 1 is 1.14 bits per heavy atom. The van der Waals surface area contributed by atoms with Gasteiger partial charge >= 0.3 is 0 Å². The van der Waals surface area contributed by atoms with E-state index in [0.29, 0.717) is 11.5 Å². The fourth-order valence-electron chi connectivity index (χ4n) is 3.66. The maximum absolute atomic E-state index is 12.5. The second kappa shape index (κ2) is 8.09. The summed E-state index contributed by atoms with van der Waals surface area (Å²) in [6, 6.07) is 17.5. The van der Waals surface area contributed by atoms with Gasteiger partial charge in [-0.25, -0.2) is 9.69 Å². The maximum atomic E-state index is 12.5. The van der Waals surface area contributed by atoms with Crippen molar-refractivity contribution < 1.29 is 9.53 Å². The number of nitrogens with zero attached hydrogens (tertiary/aromatic N) is 3. The van der Waals surface area contributed by atoms with Crippen LogP contribution in [0.15, 0.2) is 54.6 Å². The molecule has 6 heteroatoms. The number of ether oxygens (including phenoxy) is 1. The second-order valence-electron chi connectivity index (χ2n) is 7.64. The van der Waals surface area contributed by atoms with Crippen molar-refractivity contribution in [1.82, 2.24) is 20.2 Å². The quantitative estimate of drug-likeness (QED) is 0.719. The Kier molecular flexibility index (Phi) is 5.36. The molecule has 1 saturated heterocycles. The van der Waals surface area contributed by atoms with Gasteiger partial charge in [0.2, 0.25) is 0 Å². The van der Waals surface area contributed by atoms with Crippen LogP contribution in [-0.2, 0) is 0 Å². The van der Waals surface area contributed by atoms with Crippen molar-refractivity contribution in [3.8, 4) is 22.7 Å². The lowest BCUT2D eigenvalue weighted by molar-refractivity contribution is 0.0822. The minimum absolute atomic E-state index is 0.0644. The summed E-state index contributed by atoms with van der Waals surface area (Å²) in [5.74, 6) is 1.37. The smallest absolute Gasteiger partial charge is 0.265 e. The number of hydrogen-bond acceptors (Lipinski definition) is 4. The third-order valence-electron chi connectivity index (χ3n) is 5.27. The van der Waals surface area contributed by atoms with Crippen LogP contribution < -0.4 is 10.2 Å². The number of carbonyl (C=O) groups excluding carboxylic acids is 1. The van der Waals surface area contributed by atoms with Crippen LogP contribution in [0.3, 0.4) is 0 Å². The number of aromatic nitrogens is 2. The Bertz CT molecular complexity index is 993. The summed E-state index contributed by atoms with van der Waals surface area (Å²) in [4.78, 5) is 12.5. The van der Waals surface area contributed by atoms with Gasteiger partial charge in [-0.15, -0.1) is 0 Å². The Balaban J connectivity index is 1.55. The van der Waals surface area contributed by atoms with Crippen molar-refractivity contribution in [1.29, 1.82) is 0 Å². The van der Waals surface area contributed by atoms with Crippen LogP contribution >= 0.6 is 0 Å². The highest BCUT2D eigenvalue weighted by Gasteiger charge is 2.20. The lowest BCUT2D eigenvalue weighted by atomic mass is 10.1. The summed E-state index contributed by atoms with van der Waals surface area (Å²) >= 11 is 0. The fourth-order valence-corrected chi connectivity index (χ4v) is 3.66. The number of hydrazine groups is 1. The number of nitrogens with one attached hydrogen (secondary N) is 1. The molecule has 3 aromatic rings. The van der Waals surface area contributed by atoms with Gasteiger partial charge in [-0.3, -0.25) is 10.2 Å². The second-order valence-corrected chi connectivity index (χ2v) is 7.64. The van der Waals surface area contributed by atoms with E-state index in [2.05, 4.69) is 17.4 Å². The summed E-state index contributed by atoms with van der Waals surface area (Å²) in [6.45, 7) is 5.99. The summed E-state index contributed by atoms with van der Waals surface area (Å²) in [6.07, 6.45) is 1.12. The molecule has 4 rings (SSSR count). The summed E-state index contributed by atoms with van der Waals surface area (Å²) < 4.78 is 7.16. The normalized spacial score (nSPS) is 16.7. The lowest BCUT2D eigenvalue weighted by Crippen LogP contribution is -2.40. The van der Waals surface area contributed by atoms with E-state index in [1.165, 1.54) is 0 Å². The zero-order chi connectivity index (χ0) is 20.4. The van der Waals surface area contributed by atoms with Gasteiger partial charge in [0.05, 0.1) is 24.2 Å². The average molecular weight is 390 g/mol. The predicted molar refractivity (Wildman–Crippen MR) is 113 cm³/mol. The molecule has 1 N–H and O–H groups in total. The Hall–Kier alpha value is -3.12. The molecule has 1 fully saturated rings. The van der Waals surface area contributed by atoms with E-state index in [0.717, 1.165) is 47.9 Å². The van der Waals surface area contributed by atoms with Crippen molar-refractivity contribution in [2.24, 2.45) is 5.92 Å². The molecule has 29 heavy (non-hydrogen) atoms. The van der Waals surface area contributed by atoms with E-state index in [1.807, 2.05) is 71.2 Å². The van der Waals surface area contributed by atoms with Crippen LogP contribution in [0.4, 0.5) is 0 Å². The molecule has 2 heterocycles. The van der Waals surface area contributed by atoms with Gasteiger partial charge in [-0.2, -0.15) is 5.10 Å². The first kappa shape index (κ1) is 19.2. The fraction of sp³-hybridized carbons (Fsp3) is 0.304. The molecule has 1 amide bonds. The monoisotopic (exact) mass is 390 g/mol. The van der Waals surface area contributed by atoms with Crippen molar-refractivity contribution in [2.45, 2.75) is 20.3 Å². The Labute approximate surface area is 171 Å². The number of aryl methyl sites for hydroxylation is 1. The first-order valence-corrected chi connectivity index (χ1v) is 9.91. The van der Waals surface area contributed by atoms with Crippen molar-refractivity contribution in [3.05, 3.63) is 65.9 Å². The molecule has 2 aromatic carbocycles. The van der Waals surface area contributed by atoms with Crippen LogP contribution in [0, 0.1) is 12.8 Å². The molecule has 1 atom stereocenters. The first-order valence-electron chi connectivity index (χ1n) is 9.91. The number of methoxy groups -OCH3 is 1. The topological polar surface area (TPSA) is 59.4 Å². The molecule has 0 aliphatic carbocycles. The van der Waals surface area contributed by atoms with E-state index in [4.69, 9.17) is 4.74 Å². The highest BCUT2D eigenvalue weighted by molar-refractivity contribution is 5.94. The molecule has 1 aliphatic heterocycles. The molecule has 1 aliphatic rings. The molecule has 1 unspecified atom stereocenters. The number of carbonyl (C=O) groups is 1. The van der Waals surface area contributed by atoms with Crippen molar-refractivity contribution in [3.63, 3.8) is 0 Å². The third kappa shape index (κ3) is 4.17. The van der Waals surface area contributed by atoms with Crippen molar-refractivity contribution in [2.75, 3.05) is 20.2 Å². The number of benzene rings is 2. The minimum atomic E-state index is -0.0644. The third-order valence-corrected chi connectivity index (χ3v) is 5.27. The van der Waals surface area contributed by atoms with E-state index in [-0.39, 0.29) is 5.91 Å². The zero-order valence-electron chi connectivity index (χ0n) is 17.1. The molecular formula is C23H26N4O2.